The van der Waals surface area contributed by atoms with Gasteiger partial charge in [-0.1, -0.05) is 37.5 Å². The summed E-state index contributed by atoms with van der Waals surface area (Å²) in [6.07, 6.45) is 6.38. The number of hydrogen-bond donors (Lipinski definition) is 1. The monoisotopic (exact) mass is 229 g/mol. The second kappa shape index (κ2) is 5.84. The minimum absolute atomic E-state index is 0.287. The summed E-state index contributed by atoms with van der Waals surface area (Å²) in [5, 5.41) is 19.2. The molecule has 0 aliphatic heterocycles. The maximum atomic E-state index is 10.2. The Bertz CT molecular complexity index is 402. The predicted molar refractivity (Wildman–Crippen MR) is 67.4 cm³/mol. The quantitative estimate of drug-likeness (QED) is 0.865. The largest absolute Gasteiger partial charge is 0.392 e. The molecule has 2 heteroatoms. The van der Waals surface area contributed by atoms with Crippen molar-refractivity contribution in [3.8, 4) is 6.07 Å². The van der Waals surface area contributed by atoms with Gasteiger partial charge in [0.25, 0.3) is 0 Å². The highest BCUT2D eigenvalue weighted by Gasteiger charge is 2.22. The van der Waals surface area contributed by atoms with Gasteiger partial charge < -0.3 is 5.11 Å². The number of benzene rings is 1. The average molecular weight is 229 g/mol. The van der Waals surface area contributed by atoms with Crippen molar-refractivity contribution in [3.63, 3.8) is 0 Å². The van der Waals surface area contributed by atoms with E-state index in [-0.39, 0.29) is 6.10 Å². The Morgan fingerprint density at radius 3 is 2.65 bits per heavy atom. The molecule has 1 aromatic rings. The zero-order valence-electron chi connectivity index (χ0n) is 10.1. The Labute approximate surface area is 103 Å². The number of nitrogens with zero attached hydrogens (tertiary/aromatic N) is 1. The maximum Gasteiger partial charge on any atom is 0.0994 e. The topological polar surface area (TPSA) is 44.0 Å². The van der Waals surface area contributed by atoms with Crippen LogP contribution in [0.2, 0.25) is 0 Å². The highest BCUT2D eigenvalue weighted by atomic mass is 16.3. The van der Waals surface area contributed by atoms with Crippen molar-refractivity contribution in [3.05, 3.63) is 35.4 Å². The van der Waals surface area contributed by atoms with Crippen molar-refractivity contribution in [1.29, 1.82) is 5.26 Å². The molecule has 0 bridgehead atoms. The summed E-state index contributed by atoms with van der Waals surface area (Å²) < 4.78 is 0. The van der Waals surface area contributed by atoms with Crippen molar-refractivity contribution in [2.24, 2.45) is 5.92 Å². The van der Waals surface area contributed by atoms with Crippen LogP contribution < -0.4 is 0 Å². The van der Waals surface area contributed by atoms with E-state index in [0.29, 0.717) is 17.9 Å². The lowest BCUT2D eigenvalue weighted by molar-refractivity contribution is 0.0850. The molecule has 2 nitrogen and oxygen atoms in total. The lowest BCUT2D eigenvalue weighted by Crippen LogP contribution is -2.25. The van der Waals surface area contributed by atoms with Crippen LogP contribution >= 0.6 is 0 Å². The van der Waals surface area contributed by atoms with Crippen LogP contribution in [0.25, 0.3) is 0 Å². The van der Waals surface area contributed by atoms with Gasteiger partial charge in [0.05, 0.1) is 17.7 Å². The zero-order chi connectivity index (χ0) is 12.1. The van der Waals surface area contributed by atoms with Crippen LogP contribution in [-0.2, 0) is 6.42 Å². The molecule has 0 aromatic heterocycles. The minimum atomic E-state index is -0.287. The van der Waals surface area contributed by atoms with E-state index in [9.17, 15) is 5.11 Å². The van der Waals surface area contributed by atoms with E-state index in [4.69, 9.17) is 5.26 Å². The fourth-order valence-corrected chi connectivity index (χ4v) is 2.72. The van der Waals surface area contributed by atoms with Gasteiger partial charge in [-0.2, -0.15) is 5.26 Å². The van der Waals surface area contributed by atoms with Crippen molar-refractivity contribution >= 4 is 0 Å². The average Bonchev–Trinajstić information content (AvgIpc) is 2.40. The molecule has 1 aromatic carbocycles. The molecule has 1 N–H and O–H groups in total. The first-order chi connectivity index (χ1) is 8.31. The molecule has 1 saturated carbocycles. The fraction of sp³-hybridized carbons (Fsp3) is 0.533. The molecular weight excluding hydrogens is 210 g/mol. The van der Waals surface area contributed by atoms with E-state index < -0.39 is 0 Å². The second-order valence-corrected chi connectivity index (χ2v) is 4.94. The first kappa shape index (κ1) is 12.1. The van der Waals surface area contributed by atoms with Crippen molar-refractivity contribution in [1.82, 2.24) is 0 Å². The molecule has 0 saturated heterocycles. The standard InChI is InChI=1S/C15H19NO/c16-11-14-9-5-4-8-13(14)10-15(17)12-6-2-1-3-7-12/h4-5,8-9,12,15,17H,1-3,6-7,10H2. The van der Waals surface area contributed by atoms with E-state index in [1.165, 1.54) is 19.3 Å². The van der Waals surface area contributed by atoms with Crippen LogP contribution in [0.5, 0.6) is 0 Å². The van der Waals surface area contributed by atoms with Crippen LogP contribution in [0.4, 0.5) is 0 Å². The van der Waals surface area contributed by atoms with Crippen molar-refractivity contribution in [2.45, 2.75) is 44.6 Å². The number of nitriles is 1. The Kier molecular flexibility index (Phi) is 4.17. The number of aliphatic hydroxyl groups excluding tert-OH is 1. The van der Waals surface area contributed by atoms with E-state index in [1.807, 2.05) is 24.3 Å². The highest BCUT2D eigenvalue weighted by molar-refractivity contribution is 5.37. The minimum Gasteiger partial charge on any atom is -0.392 e. The molecule has 1 fully saturated rings. The van der Waals surface area contributed by atoms with E-state index in [0.717, 1.165) is 18.4 Å². The Morgan fingerprint density at radius 1 is 1.24 bits per heavy atom. The van der Waals surface area contributed by atoms with Gasteiger partial charge in [0, 0.05) is 0 Å². The van der Waals surface area contributed by atoms with Crippen molar-refractivity contribution in [2.75, 3.05) is 0 Å². The maximum absolute atomic E-state index is 10.2. The van der Waals surface area contributed by atoms with Crippen LogP contribution in [-0.4, -0.2) is 11.2 Å². The molecular formula is C15H19NO. The van der Waals surface area contributed by atoms with Gasteiger partial charge in [-0.15, -0.1) is 0 Å². The number of aliphatic hydroxyl groups is 1. The number of hydrogen-bond acceptors (Lipinski definition) is 2. The summed E-state index contributed by atoms with van der Waals surface area (Å²) in [5.74, 6) is 0.426. The van der Waals surface area contributed by atoms with Gasteiger partial charge >= 0.3 is 0 Å². The van der Waals surface area contributed by atoms with Gasteiger partial charge in [0.15, 0.2) is 0 Å². The van der Waals surface area contributed by atoms with Gasteiger partial charge in [-0.05, 0) is 36.8 Å². The van der Waals surface area contributed by atoms with Crippen LogP contribution in [0, 0.1) is 17.2 Å². The normalized spacial score (nSPS) is 18.6. The molecule has 2 rings (SSSR count). The van der Waals surface area contributed by atoms with E-state index in [1.54, 1.807) is 0 Å². The molecule has 0 heterocycles. The van der Waals surface area contributed by atoms with Crippen LogP contribution in [0.15, 0.2) is 24.3 Å². The summed E-state index contributed by atoms with van der Waals surface area (Å²) in [4.78, 5) is 0. The second-order valence-electron chi connectivity index (χ2n) is 4.94. The van der Waals surface area contributed by atoms with Crippen LogP contribution in [0.3, 0.4) is 0 Å². The summed E-state index contributed by atoms with van der Waals surface area (Å²) in [7, 11) is 0. The molecule has 0 radical (unpaired) electrons. The molecule has 90 valence electrons. The van der Waals surface area contributed by atoms with E-state index in [2.05, 4.69) is 6.07 Å². The van der Waals surface area contributed by atoms with Gasteiger partial charge in [-0.25, -0.2) is 0 Å². The third kappa shape index (κ3) is 3.08. The molecule has 1 aliphatic carbocycles. The Morgan fingerprint density at radius 2 is 1.94 bits per heavy atom. The summed E-state index contributed by atoms with van der Waals surface area (Å²) >= 11 is 0. The highest BCUT2D eigenvalue weighted by Crippen LogP contribution is 2.28. The Balaban J connectivity index is 2.02. The fourth-order valence-electron chi connectivity index (χ4n) is 2.72. The molecule has 17 heavy (non-hydrogen) atoms. The summed E-state index contributed by atoms with van der Waals surface area (Å²) in [5.41, 5.74) is 1.68. The molecule has 1 aliphatic rings. The third-order valence-electron chi connectivity index (χ3n) is 3.76. The molecule has 0 spiro atoms. The lowest BCUT2D eigenvalue weighted by Gasteiger charge is -2.26. The van der Waals surface area contributed by atoms with Gasteiger partial charge in [0.1, 0.15) is 0 Å². The molecule has 1 atom stereocenters. The first-order valence-electron chi connectivity index (χ1n) is 6.47. The summed E-state index contributed by atoms with van der Waals surface area (Å²) in [6, 6.07) is 9.77. The number of rotatable bonds is 3. The third-order valence-corrected chi connectivity index (χ3v) is 3.76. The van der Waals surface area contributed by atoms with Gasteiger partial charge in [0.2, 0.25) is 0 Å². The predicted octanol–water partition coefficient (Wildman–Crippen LogP) is 3.04. The van der Waals surface area contributed by atoms with Crippen LogP contribution in [0.1, 0.15) is 43.2 Å². The SMILES string of the molecule is N#Cc1ccccc1CC(O)C1CCCCC1. The Hall–Kier alpha value is -1.33. The molecule has 0 amide bonds. The van der Waals surface area contributed by atoms with Crippen molar-refractivity contribution < 1.29 is 5.11 Å². The smallest absolute Gasteiger partial charge is 0.0994 e. The molecule has 1 unspecified atom stereocenters. The lowest BCUT2D eigenvalue weighted by atomic mass is 9.83. The van der Waals surface area contributed by atoms with E-state index >= 15 is 0 Å². The summed E-state index contributed by atoms with van der Waals surface area (Å²) in [6.45, 7) is 0. The van der Waals surface area contributed by atoms with Gasteiger partial charge in [-0.3, -0.25) is 0 Å². The zero-order valence-corrected chi connectivity index (χ0v) is 10.1. The first-order valence-corrected chi connectivity index (χ1v) is 6.47.